The van der Waals surface area contributed by atoms with Gasteiger partial charge in [0.25, 0.3) is 0 Å². The summed E-state index contributed by atoms with van der Waals surface area (Å²) in [5.41, 5.74) is 3.83. The first kappa shape index (κ1) is 17.2. The molecule has 0 atom stereocenters. The number of nitrogens with zero attached hydrogens (tertiary/aromatic N) is 1. The van der Waals surface area contributed by atoms with Crippen LogP contribution in [-0.4, -0.2) is 21.5 Å². The van der Waals surface area contributed by atoms with Crippen molar-refractivity contribution in [2.24, 2.45) is 0 Å². The van der Waals surface area contributed by atoms with Gasteiger partial charge in [0.15, 0.2) is 0 Å². The predicted molar refractivity (Wildman–Crippen MR) is 104 cm³/mol. The maximum absolute atomic E-state index is 9.73. The molecule has 0 aromatic heterocycles. The highest BCUT2D eigenvalue weighted by atomic mass is 35.5. The lowest BCUT2D eigenvalue weighted by atomic mass is 10.0. The second-order valence-electron chi connectivity index (χ2n) is 6.35. The fourth-order valence-electron chi connectivity index (χ4n) is 3.21. The van der Waals surface area contributed by atoms with Crippen LogP contribution in [0.2, 0.25) is 5.02 Å². The summed E-state index contributed by atoms with van der Waals surface area (Å²) in [6.07, 6.45) is 5.15. The maximum Gasteiger partial charge on any atom is 0.115 e. The molecule has 1 aliphatic heterocycles. The standard InChI is InChI=1S/C20H22ClNOS/c21-18-9-6-15(7-10-18)3-1-5-20(24)22-12-2-4-16-8-11-19(23)13-17(16)14-22/h6-11,13,23H,1-5,12,14H2. The molecule has 1 N–H and O–H groups in total. The number of benzene rings is 2. The van der Waals surface area contributed by atoms with Crippen molar-refractivity contribution in [3.8, 4) is 5.75 Å². The molecular formula is C20H22ClNOS. The van der Waals surface area contributed by atoms with Crippen LogP contribution in [0.5, 0.6) is 5.75 Å². The lowest BCUT2D eigenvalue weighted by Crippen LogP contribution is -2.29. The number of phenolic OH excluding ortho intramolecular Hbond substituents is 1. The number of aromatic hydroxyl groups is 1. The van der Waals surface area contributed by atoms with Crippen LogP contribution in [-0.2, 0) is 19.4 Å². The highest BCUT2D eigenvalue weighted by Gasteiger charge is 2.16. The van der Waals surface area contributed by atoms with Crippen LogP contribution in [0.4, 0.5) is 0 Å². The van der Waals surface area contributed by atoms with Crippen LogP contribution in [0.3, 0.4) is 0 Å². The van der Waals surface area contributed by atoms with E-state index in [0.29, 0.717) is 5.75 Å². The average Bonchev–Trinajstić information content (AvgIpc) is 2.78. The third-order valence-electron chi connectivity index (χ3n) is 4.55. The Kier molecular flexibility index (Phi) is 5.75. The summed E-state index contributed by atoms with van der Waals surface area (Å²) in [5, 5.41) is 10.5. The van der Waals surface area contributed by atoms with Crippen molar-refractivity contribution >= 4 is 28.8 Å². The van der Waals surface area contributed by atoms with E-state index in [0.717, 1.165) is 55.2 Å². The summed E-state index contributed by atoms with van der Waals surface area (Å²) in [6, 6.07) is 13.7. The van der Waals surface area contributed by atoms with Gasteiger partial charge >= 0.3 is 0 Å². The minimum absolute atomic E-state index is 0.337. The Balaban J connectivity index is 1.55. The number of hydrogen-bond donors (Lipinski definition) is 1. The van der Waals surface area contributed by atoms with Crippen molar-refractivity contribution in [3.05, 3.63) is 64.2 Å². The lowest BCUT2D eigenvalue weighted by Gasteiger charge is -2.24. The molecule has 0 saturated carbocycles. The minimum Gasteiger partial charge on any atom is -0.508 e. The number of phenols is 1. The zero-order valence-electron chi connectivity index (χ0n) is 13.7. The van der Waals surface area contributed by atoms with Gasteiger partial charge in [-0.2, -0.15) is 0 Å². The summed E-state index contributed by atoms with van der Waals surface area (Å²) in [4.78, 5) is 3.32. The van der Waals surface area contributed by atoms with E-state index in [2.05, 4.69) is 17.0 Å². The van der Waals surface area contributed by atoms with Crippen molar-refractivity contribution in [2.75, 3.05) is 6.54 Å². The normalized spacial score (nSPS) is 14.1. The van der Waals surface area contributed by atoms with Gasteiger partial charge in [0.05, 0.1) is 4.99 Å². The van der Waals surface area contributed by atoms with Crippen molar-refractivity contribution < 1.29 is 5.11 Å². The highest BCUT2D eigenvalue weighted by Crippen LogP contribution is 2.24. The van der Waals surface area contributed by atoms with Crippen molar-refractivity contribution in [1.82, 2.24) is 4.90 Å². The van der Waals surface area contributed by atoms with Crippen LogP contribution < -0.4 is 0 Å². The zero-order chi connectivity index (χ0) is 16.9. The molecular weight excluding hydrogens is 338 g/mol. The van der Waals surface area contributed by atoms with E-state index in [-0.39, 0.29) is 0 Å². The third-order valence-corrected chi connectivity index (χ3v) is 5.26. The van der Waals surface area contributed by atoms with E-state index < -0.39 is 0 Å². The molecule has 24 heavy (non-hydrogen) atoms. The molecule has 0 aliphatic carbocycles. The van der Waals surface area contributed by atoms with E-state index in [1.807, 2.05) is 24.3 Å². The van der Waals surface area contributed by atoms with Gasteiger partial charge in [-0.05, 0) is 73.1 Å². The molecule has 0 amide bonds. The van der Waals surface area contributed by atoms with Gasteiger partial charge in [-0.3, -0.25) is 0 Å². The fourth-order valence-corrected chi connectivity index (χ4v) is 3.64. The Labute approximate surface area is 154 Å². The van der Waals surface area contributed by atoms with E-state index in [9.17, 15) is 5.11 Å². The monoisotopic (exact) mass is 359 g/mol. The summed E-state index contributed by atoms with van der Waals surface area (Å²) >= 11 is 11.6. The Bertz CT molecular complexity index is 714. The second kappa shape index (κ2) is 8.00. The molecule has 0 unspecified atom stereocenters. The van der Waals surface area contributed by atoms with Crippen molar-refractivity contribution in [3.63, 3.8) is 0 Å². The molecule has 0 saturated heterocycles. The number of rotatable bonds is 4. The van der Waals surface area contributed by atoms with Crippen molar-refractivity contribution in [1.29, 1.82) is 0 Å². The number of aryl methyl sites for hydroxylation is 2. The summed E-state index contributed by atoms with van der Waals surface area (Å²) < 4.78 is 0. The van der Waals surface area contributed by atoms with E-state index >= 15 is 0 Å². The quantitative estimate of drug-likeness (QED) is 0.764. The Morgan fingerprint density at radius 2 is 1.92 bits per heavy atom. The topological polar surface area (TPSA) is 23.5 Å². The average molecular weight is 360 g/mol. The molecule has 0 fully saturated rings. The van der Waals surface area contributed by atoms with E-state index in [4.69, 9.17) is 23.8 Å². The minimum atomic E-state index is 0.337. The summed E-state index contributed by atoms with van der Waals surface area (Å²) in [5.74, 6) is 0.337. The Hall–Kier alpha value is -1.58. The second-order valence-corrected chi connectivity index (χ2v) is 7.26. The van der Waals surface area contributed by atoms with Crippen LogP contribution in [0.15, 0.2) is 42.5 Å². The Morgan fingerprint density at radius 3 is 2.71 bits per heavy atom. The number of fused-ring (bicyclic) bond motifs is 1. The van der Waals surface area contributed by atoms with Gasteiger partial charge in [0.2, 0.25) is 0 Å². The summed E-state index contributed by atoms with van der Waals surface area (Å²) in [6.45, 7) is 1.80. The van der Waals surface area contributed by atoms with Crippen LogP contribution in [0.1, 0.15) is 36.0 Å². The van der Waals surface area contributed by atoms with Gasteiger partial charge in [-0.1, -0.05) is 42.0 Å². The SMILES string of the molecule is Oc1ccc2c(c1)CN(C(=S)CCCc1ccc(Cl)cc1)CCC2. The van der Waals surface area contributed by atoms with Gasteiger partial charge in [0, 0.05) is 18.1 Å². The first-order chi connectivity index (χ1) is 11.6. The Morgan fingerprint density at radius 1 is 1.12 bits per heavy atom. The van der Waals surface area contributed by atoms with Gasteiger partial charge in [0.1, 0.15) is 5.75 Å². The smallest absolute Gasteiger partial charge is 0.115 e. The molecule has 1 heterocycles. The molecule has 1 aliphatic rings. The van der Waals surface area contributed by atoms with E-state index in [1.165, 1.54) is 16.7 Å². The molecule has 2 nitrogen and oxygen atoms in total. The van der Waals surface area contributed by atoms with E-state index in [1.54, 1.807) is 6.07 Å². The first-order valence-corrected chi connectivity index (χ1v) is 9.23. The molecule has 126 valence electrons. The molecule has 4 heteroatoms. The van der Waals surface area contributed by atoms with Crippen LogP contribution in [0, 0.1) is 0 Å². The molecule has 0 spiro atoms. The van der Waals surface area contributed by atoms with Crippen LogP contribution >= 0.6 is 23.8 Å². The summed E-state index contributed by atoms with van der Waals surface area (Å²) in [7, 11) is 0. The highest BCUT2D eigenvalue weighted by molar-refractivity contribution is 7.80. The zero-order valence-corrected chi connectivity index (χ0v) is 15.2. The number of halogens is 1. The molecule has 0 radical (unpaired) electrons. The van der Waals surface area contributed by atoms with Crippen molar-refractivity contribution in [2.45, 2.75) is 38.6 Å². The van der Waals surface area contributed by atoms with Gasteiger partial charge in [-0.25, -0.2) is 0 Å². The molecule has 2 aromatic rings. The number of thiocarbonyl (C=S) groups is 1. The van der Waals surface area contributed by atoms with Gasteiger partial charge < -0.3 is 10.0 Å². The largest absolute Gasteiger partial charge is 0.508 e. The maximum atomic E-state index is 9.73. The molecule has 0 bridgehead atoms. The fraction of sp³-hybridized carbons (Fsp3) is 0.350. The first-order valence-electron chi connectivity index (χ1n) is 8.45. The predicted octanol–water partition coefficient (Wildman–Crippen LogP) is 5.14. The molecule has 3 rings (SSSR count). The molecule has 2 aromatic carbocycles. The lowest BCUT2D eigenvalue weighted by molar-refractivity contribution is 0.413. The van der Waals surface area contributed by atoms with Gasteiger partial charge in [-0.15, -0.1) is 0 Å². The van der Waals surface area contributed by atoms with Crippen LogP contribution in [0.25, 0.3) is 0 Å². The number of hydrogen-bond acceptors (Lipinski definition) is 2. The third kappa shape index (κ3) is 4.49.